The highest BCUT2D eigenvalue weighted by Gasteiger charge is 2.62. The van der Waals surface area contributed by atoms with Gasteiger partial charge in [-0.15, -0.1) is 11.3 Å². The number of carbonyl (C=O) groups is 1. The van der Waals surface area contributed by atoms with Crippen LogP contribution in [0.2, 0.25) is 10.0 Å². The van der Waals surface area contributed by atoms with E-state index in [4.69, 9.17) is 32.8 Å². The zero-order valence-electron chi connectivity index (χ0n) is 15.5. The predicted octanol–water partition coefficient (Wildman–Crippen LogP) is 6.33. The summed E-state index contributed by atoms with van der Waals surface area (Å²) in [5.41, 5.74) is -3.07. The molecule has 6 nitrogen and oxygen atoms in total. The number of hydrogen-bond donors (Lipinski definition) is 0. The molecule has 0 fully saturated rings. The summed E-state index contributed by atoms with van der Waals surface area (Å²) < 4.78 is 52.4. The minimum Gasteiger partial charge on any atom is -0.437 e. The quantitative estimate of drug-likeness (QED) is 0.401. The molecule has 12 heteroatoms. The lowest BCUT2D eigenvalue weighted by atomic mass is 9.86. The number of alkyl halides is 3. The van der Waals surface area contributed by atoms with Crippen molar-refractivity contribution in [1.29, 1.82) is 0 Å². The minimum absolute atomic E-state index is 0.0158. The van der Waals surface area contributed by atoms with Crippen molar-refractivity contribution in [3.8, 4) is 5.75 Å². The maximum absolute atomic E-state index is 14.3. The molecule has 1 aromatic carbocycles. The van der Waals surface area contributed by atoms with Crippen molar-refractivity contribution >= 4 is 56.6 Å². The Morgan fingerprint density at radius 3 is 2.61 bits per heavy atom. The average molecular weight is 491 g/mol. The van der Waals surface area contributed by atoms with Crippen LogP contribution >= 0.6 is 34.5 Å². The van der Waals surface area contributed by atoms with Gasteiger partial charge < -0.3 is 14.3 Å². The molecule has 0 aliphatic carbocycles. The summed E-state index contributed by atoms with van der Waals surface area (Å²) in [5, 5.41) is 5.93. The van der Waals surface area contributed by atoms with Crippen LogP contribution < -0.4 is 4.74 Å². The Labute approximate surface area is 187 Å². The van der Waals surface area contributed by atoms with E-state index in [0.717, 1.165) is 19.2 Å². The number of benzene rings is 1. The second-order valence-corrected chi connectivity index (χ2v) is 8.25. The maximum atomic E-state index is 14.3. The van der Waals surface area contributed by atoms with Gasteiger partial charge in [0, 0.05) is 21.0 Å². The summed E-state index contributed by atoms with van der Waals surface area (Å²) in [6, 6.07) is 5.20. The molecule has 0 spiro atoms. The second kappa shape index (κ2) is 7.85. The summed E-state index contributed by atoms with van der Waals surface area (Å²) in [6.45, 7) is 0. The third kappa shape index (κ3) is 3.79. The van der Waals surface area contributed by atoms with Crippen molar-refractivity contribution in [2.24, 2.45) is 5.16 Å². The van der Waals surface area contributed by atoms with E-state index in [9.17, 15) is 18.0 Å². The number of rotatable bonds is 3. The van der Waals surface area contributed by atoms with E-state index in [1.807, 2.05) is 0 Å². The monoisotopic (exact) mass is 490 g/mol. The number of aromatic nitrogens is 1. The number of hydrogen-bond acceptors (Lipinski definition) is 7. The molecule has 3 aromatic rings. The van der Waals surface area contributed by atoms with Gasteiger partial charge in [-0.1, -0.05) is 28.4 Å². The molecule has 0 radical (unpaired) electrons. The van der Waals surface area contributed by atoms with Crippen molar-refractivity contribution < 1.29 is 32.3 Å². The average Bonchev–Trinajstić information content (AvgIpc) is 3.34. The molecular formula is C19H11Cl2F3N2O4S. The van der Waals surface area contributed by atoms with Gasteiger partial charge in [-0.3, -0.25) is 0 Å². The van der Waals surface area contributed by atoms with Gasteiger partial charge in [-0.25, -0.2) is 9.78 Å². The van der Waals surface area contributed by atoms with E-state index in [0.29, 0.717) is 10.2 Å². The van der Waals surface area contributed by atoms with Crippen LogP contribution in [0.5, 0.6) is 5.75 Å². The largest absolute Gasteiger partial charge is 0.513 e. The molecule has 3 heterocycles. The number of ether oxygens (including phenoxy) is 2. The maximum Gasteiger partial charge on any atom is 0.513 e. The highest BCUT2D eigenvalue weighted by molar-refractivity contribution is 7.16. The van der Waals surface area contributed by atoms with Crippen LogP contribution in [-0.4, -0.2) is 30.1 Å². The molecule has 0 amide bonds. The van der Waals surface area contributed by atoms with Crippen molar-refractivity contribution in [3.63, 3.8) is 0 Å². The lowest BCUT2D eigenvalue weighted by molar-refractivity contribution is -0.275. The number of fused-ring (bicyclic) bond motifs is 1. The van der Waals surface area contributed by atoms with E-state index < -0.39 is 24.4 Å². The Balaban J connectivity index is 1.84. The first-order valence-electron chi connectivity index (χ1n) is 8.55. The van der Waals surface area contributed by atoms with Gasteiger partial charge in [0.05, 0.1) is 31.0 Å². The Morgan fingerprint density at radius 1 is 1.26 bits per heavy atom. The fourth-order valence-electron chi connectivity index (χ4n) is 3.24. The zero-order chi connectivity index (χ0) is 22.4. The molecule has 1 atom stereocenters. The highest BCUT2D eigenvalue weighted by Crippen LogP contribution is 2.50. The smallest absolute Gasteiger partial charge is 0.437 e. The van der Waals surface area contributed by atoms with Gasteiger partial charge in [-0.05, 0) is 29.6 Å². The summed E-state index contributed by atoms with van der Waals surface area (Å²) in [6.07, 6.45) is -5.41. The summed E-state index contributed by atoms with van der Waals surface area (Å²) in [7, 11) is 1.10. The topological polar surface area (TPSA) is 70.0 Å². The third-order valence-corrected chi connectivity index (χ3v) is 5.88. The molecule has 1 aliphatic rings. The van der Waals surface area contributed by atoms with Crippen LogP contribution in [0.4, 0.5) is 18.0 Å². The van der Waals surface area contributed by atoms with Crippen LogP contribution in [0, 0.1) is 0 Å². The van der Waals surface area contributed by atoms with Gasteiger partial charge >= 0.3 is 12.3 Å². The number of carbonyl (C=O) groups excluding carboxylic acids is 1. The number of halogens is 5. The molecule has 2 aromatic heterocycles. The number of thiophene rings is 1. The van der Waals surface area contributed by atoms with Crippen molar-refractivity contribution in [3.05, 3.63) is 57.0 Å². The van der Waals surface area contributed by atoms with Gasteiger partial charge in [0.2, 0.25) is 0 Å². The lowest BCUT2D eigenvalue weighted by Gasteiger charge is -2.29. The molecule has 0 saturated carbocycles. The van der Waals surface area contributed by atoms with Crippen molar-refractivity contribution in [1.82, 2.24) is 4.98 Å². The molecule has 1 unspecified atom stereocenters. The second-order valence-electron chi connectivity index (χ2n) is 6.48. The first-order valence-corrected chi connectivity index (χ1v) is 10.2. The Morgan fingerprint density at radius 2 is 1.97 bits per heavy atom. The fraction of sp³-hybridized carbons (Fsp3) is 0.211. The number of methoxy groups -OCH3 is 1. The zero-order valence-corrected chi connectivity index (χ0v) is 17.8. The molecular weight excluding hydrogens is 480 g/mol. The summed E-state index contributed by atoms with van der Waals surface area (Å²) in [4.78, 5) is 21.4. The van der Waals surface area contributed by atoms with E-state index in [2.05, 4.69) is 14.9 Å². The van der Waals surface area contributed by atoms with Crippen LogP contribution in [0.25, 0.3) is 10.2 Å². The highest BCUT2D eigenvalue weighted by atomic mass is 35.5. The predicted molar refractivity (Wildman–Crippen MR) is 109 cm³/mol. The minimum atomic E-state index is -4.86. The summed E-state index contributed by atoms with van der Waals surface area (Å²) in [5.74, 6) is -0.109. The van der Waals surface area contributed by atoms with E-state index >= 15 is 0 Å². The fourth-order valence-corrected chi connectivity index (χ4v) is 4.51. The molecule has 0 N–H and O–H groups in total. The Hall–Kier alpha value is -2.56. The molecule has 0 saturated heterocycles. The molecule has 0 bridgehead atoms. The normalized spacial score (nSPS) is 18.6. The van der Waals surface area contributed by atoms with Gasteiger partial charge in [0.25, 0.3) is 5.60 Å². The lowest BCUT2D eigenvalue weighted by Crippen LogP contribution is -2.42. The van der Waals surface area contributed by atoms with E-state index in [-0.39, 0.29) is 32.6 Å². The Bertz CT molecular complexity index is 1190. The van der Waals surface area contributed by atoms with Crippen LogP contribution in [-0.2, 0) is 15.2 Å². The number of nitrogens with zero attached hydrogens (tertiary/aromatic N) is 2. The molecule has 4 rings (SSSR count). The molecule has 31 heavy (non-hydrogen) atoms. The SMILES string of the molecule is COC(=O)Oc1cnc2sccc2c1C1=NOC(c2cc(Cl)cc(Cl)c2)(C(F)(F)F)C1. The first-order chi connectivity index (χ1) is 14.6. The van der Waals surface area contributed by atoms with Crippen molar-refractivity contribution in [2.75, 3.05) is 7.11 Å². The number of oxime groups is 1. The Kier molecular flexibility index (Phi) is 5.48. The van der Waals surface area contributed by atoms with Gasteiger partial charge in [0.1, 0.15) is 4.83 Å². The molecule has 162 valence electrons. The molecule has 1 aliphatic heterocycles. The van der Waals surface area contributed by atoms with Crippen LogP contribution in [0.3, 0.4) is 0 Å². The van der Waals surface area contributed by atoms with E-state index in [1.165, 1.54) is 23.6 Å². The van der Waals surface area contributed by atoms with Crippen LogP contribution in [0.15, 0.2) is 41.0 Å². The summed E-state index contributed by atoms with van der Waals surface area (Å²) >= 11 is 13.1. The first kappa shape index (κ1) is 21.7. The third-order valence-electron chi connectivity index (χ3n) is 4.62. The van der Waals surface area contributed by atoms with E-state index in [1.54, 1.807) is 11.4 Å². The van der Waals surface area contributed by atoms with Gasteiger partial charge in [0.15, 0.2) is 5.75 Å². The standard InChI is InChI=1S/C19H11Cl2F3N2O4S/c1-28-17(27)29-14-8-25-16-12(2-3-31-16)15(14)13-7-18(30-26-13,19(22,23)24)9-4-10(20)6-11(21)5-9/h2-6,8H,7H2,1H3. The van der Waals surface area contributed by atoms with Gasteiger partial charge in [-0.2, -0.15) is 13.2 Å². The van der Waals surface area contributed by atoms with Crippen molar-refractivity contribution in [2.45, 2.75) is 18.2 Å². The van der Waals surface area contributed by atoms with Crippen LogP contribution in [0.1, 0.15) is 17.5 Å². The number of pyridine rings is 1.